The monoisotopic (exact) mass is 332 g/mol. The third-order valence-electron chi connectivity index (χ3n) is 3.56. The second-order valence-corrected chi connectivity index (χ2v) is 5.65. The molecule has 20 heavy (non-hydrogen) atoms. The van der Waals surface area contributed by atoms with Crippen LogP contribution in [0.2, 0.25) is 0 Å². The summed E-state index contributed by atoms with van der Waals surface area (Å²) in [6, 6.07) is 13.1. The highest BCUT2D eigenvalue weighted by molar-refractivity contribution is 9.10. The summed E-state index contributed by atoms with van der Waals surface area (Å²) in [5, 5.41) is 1.17. The molecule has 2 aromatic carbocycles. The van der Waals surface area contributed by atoms with Crippen LogP contribution >= 0.6 is 15.9 Å². The van der Waals surface area contributed by atoms with Crippen LogP contribution in [0, 0.1) is 12.7 Å². The number of hydrogen-bond acceptors (Lipinski definition) is 1. The predicted octanol–water partition coefficient (Wildman–Crippen LogP) is 4.48. The molecule has 0 radical (unpaired) electrons. The van der Waals surface area contributed by atoms with E-state index in [2.05, 4.69) is 39.6 Å². The third-order valence-corrected chi connectivity index (χ3v) is 4.56. The maximum atomic E-state index is 13.6. The Bertz CT molecular complexity index is 793. The lowest BCUT2D eigenvalue weighted by Gasteiger charge is -2.09. The Labute approximate surface area is 125 Å². The highest BCUT2D eigenvalue weighted by atomic mass is 79.9. The number of fused-ring (bicyclic) bond motifs is 1. The summed E-state index contributed by atoms with van der Waals surface area (Å²) in [7, 11) is 0. The van der Waals surface area contributed by atoms with Crippen LogP contribution in [-0.4, -0.2) is 4.57 Å². The van der Waals surface area contributed by atoms with Crippen molar-refractivity contribution in [3.05, 3.63) is 64.0 Å². The summed E-state index contributed by atoms with van der Waals surface area (Å²) in [6.45, 7) is 2.67. The highest BCUT2D eigenvalue weighted by Crippen LogP contribution is 2.31. The fraction of sp³-hybridized carbons (Fsp3) is 0.125. The van der Waals surface area contributed by atoms with E-state index < -0.39 is 0 Å². The quantitative estimate of drug-likeness (QED) is 0.689. The fourth-order valence-corrected chi connectivity index (χ4v) is 2.99. The number of para-hydroxylation sites is 1. The molecule has 1 aromatic heterocycles. The van der Waals surface area contributed by atoms with Gasteiger partial charge in [0, 0.05) is 27.6 Å². The van der Waals surface area contributed by atoms with E-state index in [1.807, 2.05) is 18.2 Å². The number of nitrogen functional groups attached to an aromatic ring is 1. The lowest BCUT2D eigenvalue weighted by Crippen LogP contribution is -2.02. The van der Waals surface area contributed by atoms with Crippen LogP contribution in [0.15, 0.2) is 46.9 Å². The molecule has 0 aliphatic heterocycles. The Hall–Kier alpha value is -1.81. The SMILES string of the molecule is Cc1c(Br)c2ccccc2n1Cc1ccc(N)c(F)c1. The van der Waals surface area contributed by atoms with E-state index in [9.17, 15) is 4.39 Å². The third kappa shape index (κ3) is 2.10. The highest BCUT2D eigenvalue weighted by Gasteiger charge is 2.12. The number of aromatic nitrogens is 1. The summed E-state index contributed by atoms with van der Waals surface area (Å²) in [5.41, 5.74) is 8.86. The van der Waals surface area contributed by atoms with Crippen molar-refractivity contribution in [3.8, 4) is 0 Å². The van der Waals surface area contributed by atoms with Crippen molar-refractivity contribution in [2.75, 3.05) is 5.73 Å². The number of nitrogens with two attached hydrogens (primary N) is 1. The van der Waals surface area contributed by atoms with Crippen LogP contribution in [-0.2, 0) is 6.54 Å². The van der Waals surface area contributed by atoms with Crippen molar-refractivity contribution in [1.82, 2.24) is 4.57 Å². The second-order valence-electron chi connectivity index (χ2n) is 4.86. The Morgan fingerprint density at radius 3 is 2.70 bits per heavy atom. The van der Waals surface area contributed by atoms with Crippen molar-refractivity contribution < 1.29 is 4.39 Å². The van der Waals surface area contributed by atoms with Gasteiger partial charge in [-0.1, -0.05) is 24.3 Å². The standard InChI is InChI=1S/C16H14BrFN2/c1-10-16(17)12-4-2-3-5-15(12)20(10)9-11-6-7-14(19)13(18)8-11/h2-8H,9,19H2,1H3. The van der Waals surface area contributed by atoms with Gasteiger partial charge in [0.15, 0.2) is 0 Å². The molecule has 0 atom stereocenters. The molecule has 2 N–H and O–H groups in total. The normalized spacial score (nSPS) is 11.2. The van der Waals surface area contributed by atoms with Crippen LogP contribution in [0.25, 0.3) is 10.9 Å². The summed E-state index contributed by atoms with van der Waals surface area (Å²) < 4.78 is 16.8. The van der Waals surface area contributed by atoms with Gasteiger partial charge in [0.1, 0.15) is 5.82 Å². The van der Waals surface area contributed by atoms with Crippen molar-refractivity contribution >= 4 is 32.5 Å². The Morgan fingerprint density at radius 2 is 1.95 bits per heavy atom. The van der Waals surface area contributed by atoms with Crippen LogP contribution < -0.4 is 5.73 Å². The summed E-state index contributed by atoms with van der Waals surface area (Å²) in [5.74, 6) is -0.365. The molecule has 0 amide bonds. The zero-order valence-electron chi connectivity index (χ0n) is 11.0. The van der Waals surface area contributed by atoms with E-state index in [0.29, 0.717) is 6.54 Å². The fourth-order valence-electron chi connectivity index (χ4n) is 2.44. The first-order chi connectivity index (χ1) is 9.58. The molecule has 1 heterocycles. The molecule has 3 rings (SSSR count). The van der Waals surface area contributed by atoms with E-state index in [4.69, 9.17) is 5.73 Å². The molecule has 3 aromatic rings. The maximum Gasteiger partial charge on any atom is 0.146 e. The number of benzene rings is 2. The van der Waals surface area contributed by atoms with Gasteiger partial charge in [0.05, 0.1) is 5.69 Å². The number of hydrogen-bond donors (Lipinski definition) is 1. The van der Waals surface area contributed by atoms with Crippen LogP contribution in [0.4, 0.5) is 10.1 Å². The molecule has 0 bridgehead atoms. The van der Waals surface area contributed by atoms with Crippen LogP contribution in [0.5, 0.6) is 0 Å². The molecule has 0 fully saturated rings. The lowest BCUT2D eigenvalue weighted by molar-refractivity contribution is 0.628. The van der Waals surface area contributed by atoms with Gasteiger partial charge in [-0.3, -0.25) is 0 Å². The molecule has 2 nitrogen and oxygen atoms in total. The van der Waals surface area contributed by atoms with E-state index >= 15 is 0 Å². The minimum atomic E-state index is -0.365. The summed E-state index contributed by atoms with van der Waals surface area (Å²) in [4.78, 5) is 0. The van der Waals surface area contributed by atoms with Crippen molar-refractivity contribution in [2.24, 2.45) is 0 Å². The van der Waals surface area contributed by atoms with E-state index in [1.165, 1.54) is 11.5 Å². The van der Waals surface area contributed by atoms with Crippen LogP contribution in [0.3, 0.4) is 0 Å². The molecule has 0 saturated carbocycles. The number of anilines is 1. The lowest BCUT2D eigenvalue weighted by atomic mass is 10.2. The first-order valence-electron chi connectivity index (χ1n) is 6.35. The molecule has 0 unspecified atom stereocenters. The van der Waals surface area contributed by atoms with Crippen molar-refractivity contribution in [3.63, 3.8) is 0 Å². The first-order valence-corrected chi connectivity index (χ1v) is 7.14. The summed E-state index contributed by atoms with van der Waals surface area (Å²) >= 11 is 3.63. The average Bonchev–Trinajstić information content (AvgIpc) is 2.69. The van der Waals surface area contributed by atoms with Gasteiger partial charge in [-0.05, 0) is 46.6 Å². The Kier molecular flexibility index (Phi) is 3.26. The zero-order chi connectivity index (χ0) is 14.3. The predicted molar refractivity (Wildman–Crippen MR) is 84.3 cm³/mol. The van der Waals surface area contributed by atoms with Gasteiger partial charge >= 0.3 is 0 Å². The summed E-state index contributed by atoms with van der Waals surface area (Å²) in [6.07, 6.45) is 0. The van der Waals surface area contributed by atoms with Crippen molar-refractivity contribution in [2.45, 2.75) is 13.5 Å². The molecule has 0 aliphatic carbocycles. The van der Waals surface area contributed by atoms with Gasteiger partial charge in [0.2, 0.25) is 0 Å². The van der Waals surface area contributed by atoms with Crippen molar-refractivity contribution in [1.29, 1.82) is 0 Å². The zero-order valence-corrected chi connectivity index (χ0v) is 12.6. The first kappa shape index (κ1) is 13.2. The minimum Gasteiger partial charge on any atom is -0.396 e. The van der Waals surface area contributed by atoms with Gasteiger partial charge in [-0.2, -0.15) is 0 Å². The van der Waals surface area contributed by atoms with Crippen LogP contribution in [0.1, 0.15) is 11.3 Å². The molecule has 4 heteroatoms. The topological polar surface area (TPSA) is 30.9 Å². The second kappa shape index (κ2) is 4.94. The average molecular weight is 333 g/mol. The smallest absolute Gasteiger partial charge is 0.146 e. The van der Waals surface area contributed by atoms with Gasteiger partial charge in [-0.25, -0.2) is 4.39 Å². The molecule has 0 spiro atoms. The van der Waals surface area contributed by atoms with E-state index in [0.717, 1.165) is 21.2 Å². The van der Waals surface area contributed by atoms with E-state index in [-0.39, 0.29) is 11.5 Å². The Balaban J connectivity index is 2.10. The molecule has 0 aliphatic rings. The number of rotatable bonds is 2. The molecular weight excluding hydrogens is 319 g/mol. The molecule has 102 valence electrons. The van der Waals surface area contributed by atoms with E-state index in [1.54, 1.807) is 6.07 Å². The van der Waals surface area contributed by atoms with Gasteiger partial charge in [-0.15, -0.1) is 0 Å². The number of halogens is 2. The van der Waals surface area contributed by atoms with Gasteiger partial charge < -0.3 is 10.3 Å². The Morgan fingerprint density at radius 1 is 1.20 bits per heavy atom. The van der Waals surface area contributed by atoms with Gasteiger partial charge in [0.25, 0.3) is 0 Å². The number of nitrogens with zero attached hydrogens (tertiary/aromatic N) is 1. The largest absolute Gasteiger partial charge is 0.396 e. The maximum absolute atomic E-state index is 13.6. The molecule has 0 saturated heterocycles. The molecular formula is C16H14BrFN2. The minimum absolute atomic E-state index is 0.184.